The first-order valence-electron chi connectivity index (χ1n) is 6.60. The van der Waals surface area contributed by atoms with E-state index in [2.05, 4.69) is 10.3 Å². The van der Waals surface area contributed by atoms with Gasteiger partial charge in [-0.15, -0.1) is 0 Å². The average molecular weight is 362 g/mol. The van der Waals surface area contributed by atoms with Gasteiger partial charge in [-0.3, -0.25) is 14.9 Å². The number of hydrogen-bond acceptors (Lipinski definition) is 3. The van der Waals surface area contributed by atoms with Crippen LogP contribution in [0.4, 0.5) is 18.9 Å². The van der Waals surface area contributed by atoms with Crippen molar-refractivity contribution in [3.05, 3.63) is 62.4 Å². The summed E-state index contributed by atoms with van der Waals surface area (Å²) in [6.07, 6.45) is -3.57. The molecular formula is C14H11ClF3N3O3. The second-order valence-corrected chi connectivity index (χ2v) is 5.37. The van der Waals surface area contributed by atoms with Gasteiger partial charge >= 0.3 is 6.18 Å². The molecule has 0 radical (unpaired) electrons. The van der Waals surface area contributed by atoms with E-state index in [-0.39, 0.29) is 16.9 Å². The second kappa shape index (κ2) is 6.52. The summed E-state index contributed by atoms with van der Waals surface area (Å²) in [6, 6.07) is 3.58. The van der Waals surface area contributed by atoms with E-state index < -0.39 is 33.6 Å². The normalized spacial score (nSPS) is 12.7. The van der Waals surface area contributed by atoms with Crippen LogP contribution in [-0.4, -0.2) is 15.8 Å². The van der Waals surface area contributed by atoms with Gasteiger partial charge < -0.3 is 10.3 Å². The predicted octanol–water partition coefficient (Wildman–Crippen LogP) is 4.09. The maximum atomic E-state index is 12.9. The van der Waals surface area contributed by atoms with Gasteiger partial charge in [-0.25, -0.2) is 0 Å². The number of aromatic amines is 1. The number of hydrogen-bond donors (Lipinski definition) is 2. The topological polar surface area (TPSA) is 88.0 Å². The first-order valence-corrected chi connectivity index (χ1v) is 6.97. The molecule has 0 aliphatic heterocycles. The molecule has 0 saturated carbocycles. The summed E-state index contributed by atoms with van der Waals surface area (Å²) < 4.78 is 38.6. The first-order chi connectivity index (χ1) is 11.1. The number of nitrogens with one attached hydrogen (secondary N) is 2. The average Bonchev–Trinajstić information content (AvgIpc) is 2.96. The molecule has 1 aromatic carbocycles. The van der Waals surface area contributed by atoms with Crippen molar-refractivity contribution in [3.63, 3.8) is 0 Å². The largest absolute Gasteiger partial charge is 0.417 e. The lowest BCUT2D eigenvalue weighted by Crippen LogP contribution is -2.27. The molecular weight excluding hydrogens is 351 g/mol. The minimum atomic E-state index is -4.61. The summed E-state index contributed by atoms with van der Waals surface area (Å²) in [5.74, 6) is -0.681. The molecule has 2 aromatic rings. The zero-order valence-corrected chi connectivity index (χ0v) is 12.9. The number of H-pyrrole nitrogens is 1. The number of alkyl halides is 3. The molecule has 0 aliphatic rings. The Bertz CT molecular complexity index is 789. The molecule has 0 saturated heterocycles. The van der Waals surface area contributed by atoms with Gasteiger partial charge in [0.05, 0.1) is 27.7 Å². The minimum Gasteiger partial charge on any atom is -0.351 e. The number of benzene rings is 1. The summed E-state index contributed by atoms with van der Waals surface area (Å²) in [4.78, 5) is 24.3. The molecule has 24 heavy (non-hydrogen) atoms. The van der Waals surface area contributed by atoms with E-state index in [1.807, 2.05) is 0 Å². The molecule has 0 bridgehead atoms. The van der Waals surface area contributed by atoms with Crippen LogP contribution >= 0.6 is 11.6 Å². The summed E-state index contributed by atoms with van der Waals surface area (Å²) in [5, 5.41) is 12.6. The van der Waals surface area contributed by atoms with Crippen LogP contribution in [0.25, 0.3) is 0 Å². The maximum Gasteiger partial charge on any atom is 0.417 e. The number of nitro groups is 1. The maximum absolute atomic E-state index is 12.9. The zero-order chi connectivity index (χ0) is 18.1. The SMILES string of the molecule is CC(NC(=O)c1cc([N+](=O)[O-])c[nH]1)c1ccc(Cl)c(C(F)(F)F)c1. The van der Waals surface area contributed by atoms with E-state index in [1.165, 1.54) is 13.0 Å². The van der Waals surface area contributed by atoms with Crippen LogP contribution in [0.1, 0.15) is 34.6 Å². The van der Waals surface area contributed by atoms with Gasteiger partial charge in [0.25, 0.3) is 11.6 Å². The zero-order valence-electron chi connectivity index (χ0n) is 12.1. The van der Waals surface area contributed by atoms with Gasteiger partial charge in [-0.05, 0) is 24.6 Å². The number of halogens is 4. The van der Waals surface area contributed by atoms with Crippen LogP contribution in [0.3, 0.4) is 0 Å². The fourth-order valence-corrected chi connectivity index (χ4v) is 2.23. The number of amides is 1. The third-order valence-electron chi connectivity index (χ3n) is 3.27. The van der Waals surface area contributed by atoms with Crippen LogP contribution in [-0.2, 0) is 6.18 Å². The van der Waals surface area contributed by atoms with E-state index in [0.717, 1.165) is 24.4 Å². The number of aromatic nitrogens is 1. The van der Waals surface area contributed by atoms with Crippen molar-refractivity contribution in [1.82, 2.24) is 10.3 Å². The Hall–Kier alpha value is -2.55. The number of carbonyl (C=O) groups is 1. The molecule has 2 rings (SSSR count). The van der Waals surface area contributed by atoms with Crippen LogP contribution in [0.2, 0.25) is 5.02 Å². The first kappa shape index (κ1) is 17.8. The third kappa shape index (κ3) is 3.85. The molecule has 2 N–H and O–H groups in total. The molecule has 128 valence electrons. The van der Waals surface area contributed by atoms with Gasteiger partial charge in [0, 0.05) is 6.07 Å². The lowest BCUT2D eigenvalue weighted by Gasteiger charge is -2.16. The lowest BCUT2D eigenvalue weighted by atomic mass is 10.0. The van der Waals surface area contributed by atoms with Crippen LogP contribution < -0.4 is 5.32 Å². The fourth-order valence-electron chi connectivity index (χ4n) is 2.01. The van der Waals surface area contributed by atoms with E-state index in [4.69, 9.17) is 11.6 Å². The molecule has 1 atom stereocenters. The van der Waals surface area contributed by atoms with Crippen molar-refractivity contribution in [3.8, 4) is 0 Å². The molecule has 10 heteroatoms. The van der Waals surface area contributed by atoms with Crippen molar-refractivity contribution in [2.75, 3.05) is 0 Å². The Morgan fingerprint density at radius 3 is 2.58 bits per heavy atom. The molecule has 6 nitrogen and oxygen atoms in total. The van der Waals surface area contributed by atoms with Crippen LogP contribution in [0.5, 0.6) is 0 Å². The third-order valence-corrected chi connectivity index (χ3v) is 3.60. The Kier molecular flexibility index (Phi) is 4.83. The molecule has 0 spiro atoms. The van der Waals surface area contributed by atoms with E-state index in [9.17, 15) is 28.1 Å². The summed E-state index contributed by atoms with van der Waals surface area (Å²) in [7, 11) is 0. The van der Waals surface area contributed by atoms with Crippen molar-refractivity contribution in [2.24, 2.45) is 0 Å². The Morgan fingerprint density at radius 1 is 1.38 bits per heavy atom. The highest BCUT2D eigenvalue weighted by Crippen LogP contribution is 2.36. The van der Waals surface area contributed by atoms with Crippen molar-refractivity contribution in [1.29, 1.82) is 0 Å². The highest BCUT2D eigenvalue weighted by molar-refractivity contribution is 6.31. The van der Waals surface area contributed by atoms with E-state index >= 15 is 0 Å². The predicted molar refractivity (Wildman–Crippen MR) is 79.8 cm³/mol. The lowest BCUT2D eigenvalue weighted by molar-refractivity contribution is -0.384. The summed E-state index contributed by atoms with van der Waals surface area (Å²) >= 11 is 5.54. The quantitative estimate of drug-likeness (QED) is 0.635. The number of carbonyl (C=O) groups excluding carboxylic acids is 1. The van der Waals surface area contributed by atoms with Crippen molar-refractivity contribution in [2.45, 2.75) is 19.1 Å². The molecule has 0 aliphatic carbocycles. The van der Waals surface area contributed by atoms with Gasteiger partial charge in [0.2, 0.25) is 0 Å². The fraction of sp³-hybridized carbons (Fsp3) is 0.214. The van der Waals surface area contributed by atoms with E-state index in [1.54, 1.807) is 0 Å². The Balaban J connectivity index is 2.18. The number of nitrogens with zero attached hydrogens (tertiary/aromatic N) is 1. The van der Waals surface area contributed by atoms with Crippen molar-refractivity contribution < 1.29 is 22.9 Å². The summed E-state index contributed by atoms with van der Waals surface area (Å²) in [6.45, 7) is 1.48. The van der Waals surface area contributed by atoms with Gasteiger partial charge in [-0.1, -0.05) is 17.7 Å². The summed E-state index contributed by atoms with van der Waals surface area (Å²) in [5.41, 5.74) is -1.17. The molecule has 1 unspecified atom stereocenters. The van der Waals surface area contributed by atoms with E-state index in [0.29, 0.717) is 0 Å². The Morgan fingerprint density at radius 2 is 2.04 bits per heavy atom. The van der Waals surface area contributed by atoms with Gasteiger partial charge in [-0.2, -0.15) is 13.2 Å². The van der Waals surface area contributed by atoms with Crippen LogP contribution in [0.15, 0.2) is 30.5 Å². The molecule has 0 fully saturated rings. The Labute approximate surface area is 138 Å². The smallest absolute Gasteiger partial charge is 0.351 e. The molecule has 1 aromatic heterocycles. The van der Waals surface area contributed by atoms with Crippen LogP contribution in [0, 0.1) is 10.1 Å². The highest BCUT2D eigenvalue weighted by atomic mass is 35.5. The standard InChI is InChI=1S/C14H11ClF3N3O3/c1-7(8-2-3-11(15)10(4-8)14(16,17)18)20-13(22)12-5-9(6-19-12)21(23)24/h2-7,19H,1H3,(H,20,22). The van der Waals surface area contributed by atoms with Crippen molar-refractivity contribution >= 4 is 23.2 Å². The second-order valence-electron chi connectivity index (χ2n) is 4.96. The highest BCUT2D eigenvalue weighted by Gasteiger charge is 2.33. The monoisotopic (exact) mass is 361 g/mol. The molecule has 1 amide bonds. The van der Waals surface area contributed by atoms with Gasteiger partial charge in [0.1, 0.15) is 5.69 Å². The minimum absolute atomic E-state index is 0.0708. The molecule has 1 heterocycles. The van der Waals surface area contributed by atoms with Gasteiger partial charge in [0.15, 0.2) is 0 Å². The number of rotatable bonds is 4.